The minimum Gasteiger partial charge on any atom is -0.354 e. The number of hydrogen-bond acceptors (Lipinski definition) is 2. The molecule has 0 bridgehead atoms. The van der Waals surface area contributed by atoms with Gasteiger partial charge in [0.1, 0.15) is 5.82 Å². The molecule has 0 saturated carbocycles. The first-order chi connectivity index (χ1) is 9.02. The van der Waals surface area contributed by atoms with Gasteiger partial charge in [0.2, 0.25) is 5.91 Å². The van der Waals surface area contributed by atoms with E-state index in [9.17, 15) is 9.18 Å². The number of carbonyl (C=O) groups is 1. The maximum atomic E-state index is 13.3. The van der Waals surface area contributed by atoms with Gasteiger partial charge in [0.25, 0.3) is 0 Å². The van der Waals surface area contributed by atoms with Crippen molar-refractivity contribution >= 4 is 21.8 Å². The zero-order valence-electron chi connectivity index (χ0n) is 11.3. The number of amides is 1. The van der Waals surface area contributed by atoms with E-state index in [2.05, 4.69) is 26.6 Å². The van der Waals surface area contributed by atoms with Gasteiger partial charge in [-0.15, -0.1) is 0 Å². The molecule has 1 rings (SSSR count). The highest BCUT2D eigenvalue weighted by atomic mass is 79.9. The van der Waals surface area contributed by atoms with Crippen molar-refractivity contribution in [1.82, 2.24) is 10.6 Å². The van der Waals surface area contributed by atoms with Crippen LogP contribution in [0, 0.1) is 5.82 Å². The third-order valence-corrected chi connectivity index (χ3v) is 3.50. The molecular weight excluding hydrogens is 311 g/mol. The van der Waals surface area contributed by atoms with Gasteiger partial charge in [0.15, 0.2) is 0 Å². The summed E-state index contributed by atoms with van der Waals surface area (Å²) in [5, 5.41) is 6.03. The standard InChI is InChI=1S/C14H20BrFN2O/c1-3-10(2)18-14(19)6-7-17-9-11-4-5-12(15)13(16)8-11/h4-5,8,10,17H,3,6-7,9H2,1-2H3,(H,18,19). The molecule has 3 nitrogen and oxygen atoms in total. The average molecular weight is 331 g/mol. The molecule has 0 fully saturated rings. The van der Waals surface area contributed by atoms with E-state index in [1.54, 1.807) is 6.07 Å². The third-order valence-electron chi connectivity index (χ3n) is 2.86. The average Bonchev–Trinajstić information content (AvgIpc) is 2.38. The van der Waals surface area contributed by atoms with Gasteiger partial charge in [-0.05, 0) is 47.0 Å². The minimum atomic E-state index is -0.270. The molecule has 1 atom stereocenters. The summed E-state index contributed by atoms with van der Waals surface area (Å²) >= 11 is 3.11. The molecule has 2 N–H and O–H groups in total. The molecule has 0 aromatic heterocycles. The molecule has 1 unspecified atom stereocenters. The molecule has 0 heterocycles. The first kappa shape index (κ1) is 16.1. The molecule has 0 aliphatic rings. The number of halogens is 2. The van der Waals surface area contributed by atoms with E-state index in [0.717, 1.165) is 12.0 Å². The molecule has 1 aromatic carbocycles. The van der Waals surface area contributed by atoms with Crippen LogP contribution in [0.4, 0.5) is 4.39 Å². The lowest BCUT2D eigenvalue weighted by atomic mass is 10.2. The van der Waals surface area contributed by atoms with E-state index in [-0.39, 0.29) is 17.8 Å². The lowest BCUT2D eigenvalue weighted by molar-refractivity contribution is -0.121. The van der Waals surface area contributed by atoms with Crippen molar-refractivity contribution in [2.24, 2.45) is 0 Å². The quantitative estimate of drug-likeness (QED) is 0.754. The van der Waals surface area contributed by atoms with Gasteiger partial charge in [-0.3, -0.25) is 4.79 Å². The Morgan fingerprint density at radius 3 is 2.84 bits per heavy atom. The van der Waals surface area contributed by atoms with Crippen LogP contribution in [0.15, 0.2) is 22.7 Å². The van der Waals surface area contributed by atoms with Crippen LogP contribution in [0.2, 0.25) is 0 Å². The Kier molecular flexibility index (Phi) is 7.02. The second-order valence-corrected chi connectivity index (χ2v) is 5.41. The summed E-state index contributed by atoms with van der Waals surface area (Å²) in [5.74, 6) is -0.224. The molecule has 0 aliphatic heterocycles. The molecule has 0 saturated heterocycles. The van der Waals surface area contributed by atoms with Gasteiger partial charge in [-0.2, -0.15) is 0 Å². The van der Waals surface area contributed by atoms with Crippen LogP contribution in [-0.4, -0.2) is 18.5 Å². The highest BCUT2D eigenvalue weighted by Gasteiger charge is 2.05. The van der Waals surface area contributed by atoms with Crippen LogP contribution in [0.1, 0.15) is 32.3 Å². The second kappa shape index (κ2) is 8.27. The summed E-state index contributed by atoms with van der Waals surface area (Å²) < 4.78 is 13.7. The van der Waals surface area contributed by atoms with E-state index in [0.29, 0.717) is 24.0 Å². The lowest BCUT2D eigenvalue weighted by Crippen LogP contribution is -2.33. The molecule has 0 spiro atoms. The molecular formula is C14H20BrFN2O. The summed E-state index contributed by atoms with van der Waals surface area (Å²) in [4.78, 5) is 11.5. The van der Waals surface area contributed by atoms with E-state index in [1.165, 1.54) is 6.07 Å². The fourth-order valence-electron chi connectivity index (χ4n) is 1.53. The van der Waals surface area contributed by atoms with Gasteiger partial charge in [0.05, 0.1) is 4.47 Å². The number of hydrogen-bond donors (Lipinski definition) is 2. The summed E-state index contributed by atoms with van der Waals surface area (Å²) in [6.07, 6.45) is 1.36. The predicted octanol–water partition coefficient (Wildman–Crippen LogP) is 2.98. The van der Waals surface area contributed by atoms with Gasteiger partial charge in [-0.25, -0.2) is 4.39 Å². The fraction of sp³-hybridized carbons (Fsp3) is 0.500. The van der Waals surface area contributed by atoms with Crippen LogP contribution < -0.4 is 10.6 Å². The van der Waals surface area contributed by atoms with Gasteiger partial charge in [0, 0.05) is 25.6 Å². The van der Waals surface area contributed by atoms with Crippen molar-refractivity contribution in [3.8, 4) is 0 Å². The summed E-state index contributed by atoms with van der Waals surface area (Å²) in [7, 11) is 0. The zero-order chi connectivity index (χ0) is 14.3. The Hall–Kier alpha value is -0.940. The molecule has 106 valence electrons. The van der Waals surface area contributed by atoms with E-state index < -0.39 is 0 Å². The van der Waals surface area contributed by atoms with E-state index in [4.69, 9.17) is 0 Å². The normalized spacial score (nSPS) is 12.2. The Bertz CT molecular complexity index is 426. The van der Waals surface area contributed by atoms with Gasteiger partial charge in [-0.1, -0.05) is 13.0 Å². The minimum absolute atomic E-state index is 0.0452. The number of rotatable bonds is 7. The first-order valence-electron chi connectivity index (χ1n) is 6.47. The zero-order valence-corrected chi connectivity index (χ0v) is 12.9. The predicted molar refractivity (Wildman–Crippen MR) is 78.3 cm³/mol. The van der Waals surface area contributed by atoms with Crippen LogP contribution in [0.25, 0.3) is 0 Å². The molecule has 0 aliphatic carbocycles. The molecule has 5 heteroatoms. The Morgan fingerprint density at radius 1 is 1.47 bits per heavy atom. The molecule has 19 heavy (non-hydrogen) atoms. The second-order valence-electron chi connectivity index (χ2n) is 4.55. The summed E-state index contributed by atoms with van der Waals surface area (Å²) in [5.41, 5.74) is 0.864. The Balaban J connectivity index is 2.23. The fourth-order valence-corrected chi connectivity index (χ4v) is 1.78. The monoisotopic (exact) mass is 330 g/mol. The number of benzene rings is 1. The van der Waals surface area contributed by atoms with Crippen molar-refractivity contribution in [3.05, 3.63) is 34.1 Å². The van der Waals surface area contributed by atoms with Crippen molar-refractivity contribution in [1.29, 1.82) is 0 Å². The number of carbonyl (C=O) groups excluding carboxylic acids is 1. The van der Waals surface area contributed by atoms with Crippen molar-refractivity contribution in [3.63, 3.8) is 0 Å². The topological polar surface area (TPSA) is 41.1 Å². The smallest absolute Gasteiger partial charge is 0.221 e. The molecule has 0 radical (unpaired) electrons. The molecule has 1 amide bonds. The van der Waals surface area contributed by atoms with Crippen LogP contribution in [0.3, 0.4) is 0 Å². The summed E-state index contributed by atoms with van der Waals surface area (Å²) in [6.45, 7) is 5.15. The van der Waals surface area contributed by atoms with Crippen LogP contribution >= 0.6 is 15.9 Å². The third kappa shape index (κ3) is 6.16. The maximum absolute atomic E-state index is 13.3. The highest BCUT2D eigenvalue weighted by molar-refractivity contribution is 9.10. The number of nitrogens with one attached hydrogen (secondary N) is 2. The molecule has 1 aromatic rings. The van der Waals surface area contributed by atoms with Crippen LogP contribution in [0.5, 0.6) is 0 Å². The first-order valence-corrected chi connectivity index (χ1v) is 7.26. The van der Waals surface area contributed by atoms with E-state index >= 15 is 0 Å². The highest BCUT2D eigenvalue weighted by Crippen LogP contribution is 2.16. The van der Waals surface area contributed by atoms with Gasteiger partial charge < -0.3 is 10.6 Å². The largest absolute Gasteiger partial charge is 0.354 e. The Morgan fingerprint density at radius 2 is 2.21 bits per heavy atom. The maximum Gasteiger partial charge on any atom is 0.221 e. The van der Waals surface area contributed by atoms with Crippen molar-refractivity contribution < 1.29 is 9.18 Å². The van der Waals surface area contributed by atoms with E-state index in [1.807, 2.05) is 19.9 Å². The summed E-state index contributed by atoms with van der Waals surface area (Å²) in [6, 6.07) is 5.23. The lowest BCUT2D eigenvalue weighted by Gasteiger charge is -2.11. The van der Waals surface area contributed by atoms with Crippen molar-refractivity contribution in [2.45, 2.75) is 39.3 Å². The Labute approximate surface area is 122 Å². The van der Waals surface area contributed by atoms with Crippen LogP contribution in [-0.2, 0) is 11.3 Å². The van der Waals surface area contributed by atoms with Crippen molar-refractivity contribution in [2.75, 3.05) is 6.54 Å². The SMILES string of the molecule is CCC(C)NC(=O)CCNCc1ccc(Br)c(F)c1. The van der Waals surface area contributed by atoms with Gasteiger partial charge >= 0.3 is 0 Å².